The van der Waals surface area contributed by atoms with Crippen molar-refractivity contribution in [3.05, 3.63) is 206 Å². The Morgan fingerprint density at radius 2 is 0.984 bits per heavy atom. The van der Waals surface area contributed by atoms with Gasteiger partial charge in [-0.15, -0.1) is 0 Å². The predicted molar refractivity (Wildman–Crippen MR) is 257 cm³/mol. The third-order valence-electron chi connectivity index (χ3n) is 11.6. The van der Waals surface area contributed by atoms with Crippen LogP contribution >= 0.6 is 0 Å². The Bertz CT molecular complexity index is 2830. The molecule has 5 nitrogen and oxygen atoms in total. The molecule has 0 N–H and O–H groups in total. The number of fused-ring (bicyclic) bond motifs is 3. The molecule has 9 aromatic rings. The average molecular weight is 811 g/mol. The van der Waals surface area contributed by atoms with Crippen molar-refractivity contribution in [1.29, 1.82) is 0 Å². The standard InChI is InChI=1S/C57H50N2O3/c1-4-5-38-57(2,3)62-56(60)61-40-41-20-29-51(30-21-41)59-54-19-13-12-18-52(54)53-39-47(28-37-55(53)59)46-26-35-50(36-27-46)58(48-31-22-44(23-32-48)42-14-8-6-9-15-42)49-33-24-45(25-34-49)43-16-10-7-11-17-43/h6-37,39H,4-5,38,40H2,1-3H3. The molecule has 1 heterocycles. The molecular weight excluding hydrogens is 761 g/mol. The Labute approximate surface area is 364 Å². The monoisotopic (exact) mass is 810 g/mol. The quantitative estimate of drug-likeness (QED) is 0.109. The van der Waals surface area contributed by atoms with E-state index < -0.39 is 11.8 Å². The Kier molecular flexibility index (Phi) is 11.4. The third kappa shape index (κ3) is 8.61. The van der Waals surface area contributed by atoms with E-state index in [0.717, 1.165) is 69.7 Å². The van der Waals surface area contributed by atoms with Crippen LogP contribution in [0.25, 0.3) is 60.9 Å². The smallest absolute Gasteiger partial charge is 0.429 e. The van der Waals surface area contributed by atoms with Gasteiger partial charge in [-0.25, -0.2) is 4.79 Å². The highest BCUT2D eigenvalue weighted by molar-refractivity contribution is 6.10. The first-order valence-corrected chi connectivity index (χ1v) is 21.5. The van der Waals surface area contributed by atoms with Crippen molar-refractivity contribution in [3.63, 3.8) is 0 Å². The minimum Gasteiger partial charge on any atom is -0.429 e. The molecule has 1 aromatic heterocycles. The van der Waals surface area contributed by atoms with Crippen LogP contribution in [0.2, 0.25) is 0 Å². The van der Waals surface area contributed by atoms with Crippen LogP contribution in [0.5, 0.6) is 0 Å². The highest BCUT2D eigenvalue weighted by Gasteiger charge is 2.23. The number of unbranched alkanes of at least 4 members (excludes halogenated alkanes) is 1. The fraction of sp³-hybridized carbons (Fsp3) is 0.140. The lowest BCUT2D eigenvalue weighted by atomic mass is 10.0. The van der Waals surface area contributed by atoms with Crippen molar-refractivity contribution < 1.29 is 14.3 Å². The van der Waals surface area contributed by atoms with Gasteiger partial charge in [-0.1, -0.05) is 147 Å². The topological polar surface area (TPSA) is 43.7 Å². The zero-order valence-corrected chi connectivity index (χ0v) is 35.5. The molecule has 0 unspecified atom stereocenters. The fourth-order valence-electron chi connectivity index (χ4n) is 8.34. The van der Waals surface area contributed by atoms with Crippen molar-refractivity contribution in [1.82, 2.24) is 4.57 Å². The summed E-state index contributed by atoms with van der Waals surface area (Å²) in [6, 6.07) is 71.0. The molecule has 0 fully saturated rings. The molecule has 0 bridgehead atoms. The van der Waals surface area contributed by atoms with Crippen molar-refractivity contribution in [2.75, 3.05) is 4.90 Å². The molecule has 8 aromatic carbocycles. The summed E-state index contributed by atoms with van der Waals surface area (Å²) in [6.07, 6.45) is 2.21. The second-order valence-electron chi connectivity index (χ2n) is 16.5. The van der Waals surface area contributed by atoms with Gasteiger partial charge in [-0.05, 0) is 132 Å². The first-order chi connectivity index (χ1) is 30.3. The van der Waals surface area contributed by atoms with E-state index in [1.807, 2.05) is 26.0 Å². The van der Waals surface area contributed by atoms with Gasteiger partial charge in [0.2, 0.25) is 0 Å². The lowest BCUT2D eigenvalue weighted by molar-refractivity contribution is -0.0244. The summed E-state index contributed by atoms with van der Waals surface area (Å²) < 4.78 is 13.4. The van der Waals surface area contributed by atoms with E-state index in [0.29, 0.717) is 0 Å². The molecule has 9 rings (SSSR count). The summed E-state index contributed by atoms with van der Waals surface area (Å²) >= 11 is 0. The number of para-hydroxylation sites is 1. The largest absolute Gasteiger partial charge is 0.509 e. The Morgan fingerprint density at radius 1 is 0.516 bits per heavy atom. The Morgan fingerprint density at radius 3 is 1.53 bits per heavy atom. The summed E-state index contributed by atoms with van der Waals surface area (Å²) in [7, 11) is 0. The number of carbonyl (C=O) groups is 1. The van der Waals surface area contributed by atoms with Gasteiger partial charge in [-0.3, -0.25) is 0 Å². The minimum atomic E-state index is -0.636. The van der Waals surface area contributed by atoms with Gasteiger partial charge in [0.05, 0.1) is 11.0 Å². The number of rotatable bonds is 13. The Balaban J connectivity index is 0.994. The van der Waals surface area contributed by atoms with Gasteiger partial charge in [-0.2, -0.15) is 0 Å². The lowest BCUT2D eigenvalue weighted by Gasteiger charge is -2.26. The highest BCUT2D eigenvalue weighted by Crippen LogP contribution is 2.39. The minimum absolute atomic E-state index is 0.150. The second kappa shape index (κ2) is 17.7. The number of nitrogens with zero attached hydrogens (tertiary/aromatic N) is 2. The molecule has 0 radical (unpaired) electrons. The molecule has 5 heteroatoms. The first kappa shape index (κ1) is 40.1. The van der Waals surface area contributed by atoms with Gasteiger partial charge >= 0.3 is 6.16 Å². The summed E-state index contributed by atoms with van der Waals surface area (Å²) in [4.78, 5) is 14.8. The number of hydrogen-bond donors (Lipinski definition) is 0. The van der Waals surface area contributed by atoms with Gasteiger partial charge in [0.25, 0.3) is 0 Å². The van der Waals surface area contributed by atoms with Gasteiger partial charge in [0.1, 0.15) is 12.2 Å². The van der Waals surface area contributed by atoms with E-state index in [9.17, 15) is 4.79 Å². The van der Waals surface area contributed by atoms with Gasteiger partial charge in [0, 0.05) is 33.5 Å². The van der Waals surface area contributed by atoms with Gasteiger partial charge in [0.15, 0.2) is 0 Å². The summed E-state index contributed by atoms with van der Waals surface area (Å²) in [5, 5.41) is 2.37. The maximum absolute atomic E-state index is 12.5. The normalized spacial score (nSPS) is 11.5. The van der Waals surface area contributed by atoms with Crippen LogP contribution in [0.4, 0.5) is 21.9 Å². The van der Waals surface area contributed by atoms with Crippen LogP contribution in [-0.4, -0.2) is 16.3 Å². The molecule has 0 amide bonds. The van der Waals surface area contributed by atoms with Gasteiger partial charge < -0.3 is 18.9 Å². The van der Waals surface area contributed by atoms with Crippen molar-refractivity contribution in [2.24, 2.45) is 0 Å². The summed E-state index contributed by atoms with van der Waals surface area (Å²) in [6.45, 7) is 6.13. The van der Waals surface area contributed by atoms with E-state index in [2.05, 4.69) is 204 Å². The number of aromatic nitrogens is 1. The van der Waals surface area contributed by atoms with E-state index in [1.54, 1.807) is 0 Å². The highest BCUT2D eigenvalue weighted by atomic mass is 16.7. The van der Waals surface area contributed by atoms with E-state index in [4.69, 9.17) is 9.47 Å². The van der Waals surface area contributed by atoms with E-state index >= 15 is 0 Å². The lowest BCUT2D eigenvalue weighted by Crippen LogP contribution is -2.28. The predicted octanol–water partition coefficient (Wildman–Crippen LogP) is 15.9. The van der Waals surface area contributed by atoms with Crippen LogP contribution < -0.4 is 4.90 Å². The summed E-state index contributed by atoms with van der Waals surface area (Å²) in [5.74, 6) is 0. The summed E-state index contributed by atoms with van der Waals surface area (Å²) in [5.41, 5.74) is 13.9. The molecule has 62 heavy (non-hydrogen) atoms. The number of carbonyl (C=O) groups excluding carboxylic acids is 1. The third-order valence-corrected chi connectivity index (χ3v) is 11.6. The maximum atomic E-state index is 12.5. The molecule has 0 aliphatic rings. The number of benzene rings is 8. The van der Waals surface area contributed by atoms with Crippen molar-refractivity contribution >= 4 is 45.0 Å². The van der Waals surface area contributed by atoms with Crippen molar-refractivity contribution in [3.8, 4) is 39.1 Å². The number of anilines is 3. The molecule has 306 valence electrons. The van der Waals surface area contributed by atoms with Crippen molar-refractivity contribution in [2.45, 2.75) is 52.2 Å². The van der Waals surface area contributed by atoms with Crippen LogP contribution in [-0.2, 0) is 16.1 Å². The fourth-order valence-corrected chi connectivity index (χ4v) is 8.34. The number of hydrogen-bond acceptors (Lipinski definition) is 4. The zero-order chi connectivity index (χ0) is 42.5. The molecule has 0 aliphatic carbocycles. The van der Waals surface area contributed by atoms with E-state index in [-0.39, 0.29) is 6.61 Å². The van der Waals surface area contributed by atoms with Crippen LogP contribution in [0.1, 0.15) is 45.6 Å². The maximum Gasteiger partial charge on any atom is 0.509 e. The molecule has 0 spiro atoms. The second-order valence-corrected chi connectivity index (χ2v) is 16.5. The zero-order valence-electron chi connectivity index (χ0n) is 35.5. The molecule has 0 aliphatic heterocycles. The molecule has 0 saturated heterocycles. The molecule has 0 saturated carbocycles. The SMILES string of the molecule is CCCCC(C)(C)OC(=O)OCc1ccc(-n2c3ccccc3c3cc(-c4ccc(N(c5ccc(-c6ccccc6)cc5)c5ccc(-c6ccccc6)cc5)cc4)ccc32)cc1. The van der Waals surface area contributed by atoms with Crippen LogP contribution in [0.3, 0.4) is 0 Å². The molecule has 0 atom stereocenters. The Hall–Kier alpha value is -7.37. The molecular formula is C57H50N2O3. The van der Waals surface area contributed by atoms with Crippen LogP contribution in [0.15, 0.2) is 200 Å². The first-order valence-electron chi connectivity index (χ1n) is 21.5. The number of ether oxygens (including phenoxy) is 2. The average Bonchev–Trinajstić information content (AvgIpc) is 3.65. The van der Waals surface area contributed by atoms with Crippen LogP contribution in [0, 0.1) is 0 Å². The van der Waals surface area contributed by atoms with E-state index in [1.165, 1.54) is 33.0 Å².